The average Bonchev–Trinajstić information content (AvgIpc) is 2.35. The number of hydrogen-bond acceptors (Lipinski definition) is 5. The van der Waals surface area contributed by atoms with Crippen LogP contribution in [0.4, 0.5) is 0 Å². The SMILES string of the molecule is CCN(CC)CCCNC(=O)C(N)CCS(C)(=O)=O. The summed E-state index contributed by atoms with van der Waals surface area (Å²) in [6.07, 6.45) is 2.18. The second-order valence-electron chi connectivity index (χ2n) is 4.70. The standard InChI is InChI=1S/C12H27N3O3S/c1-4-15(5-2)9-6-8-14-12(16)11(13)7-10-19(3,17)18/h11H,4-10,13H2,1-3H3,(H,14,16). The van der Waals surface area contributed by atoms with Crippen LogP contribution in [0.15, 0.2) is 0 Å². The minimum atomic E-state index is -3.06. The smallest absolute Gasteiger partial charge is 0.236 e. The van der Waals surface area contributed by atoms with E-state index in [1.807, 2.05) is 0 Å². The molecule has 3 N–H and O–H groups in total. The fourth-order valence-corrected chi connectivity index (χ4v) is 2.34. The van der Waals surface area contributed by atoms with E-state index in [-0.39, 0.29) is 18.1 Å². The van der Waals surface area contributed by atoms with E-state index < -0.39 is 15.9 Å². The Hall–Kier alpha value is -0.660. The van der Waals surface area contributed by atoms with Crippen LogP contribution in [0.5, 0.6) is 0 Å². The Morgan fingerprint density at radius 1 is 1.32 bits per heavy atom. The molecule has 1 unspecified atom stereocenters. The Morgan fingerprint density at radius 3 is 2.37 bits per heavy atom. The lowest BCUT2D eigenvalue weighted by atomic mass is 10.2. The topological polar surface area (TPSA) is 92.5 Å². The van der Waals surface area contributed by atoms with Gasteiger partial charge in [-0.2, -0.15) is 0 Å². The maximum absolute atomic E-state index is 11.6. The number of rotatable bonds is 10. The maximum Gasteiger partial charge on any atom is 0.236 e. The summed E-state index contributed by atoms with van der Waals surface area (Å²) in [6.45, 7) is 7.71. The molecule has 0 fully saturated rings. The van der Waals surface area contributed by atoms with E-state index in [0.29, 0.717) is 6.54 Å². The van der Waals surface area contributed by atoms with Crippen LogP contribution in [0.25, 0.3) is 0 Å². The van der Waals surface area contributed by atoms with Gasteiger partial charge < -0.3 is 16.0 Å². The highest BCUT2D eigenvalue weighted by Gasteiger charge is 2.15. The van der Waals surface area contributed by atoms with Crippen molar-refractivity contribution in [2.24, 2.45) is 5.73 Å². The second kappa shape index (κ2) is 9.28. The van der Waals surface area contributed by atoms with Crippen LogP contribution < -0.4 is 11.1 Å². The van der Waals surface area contributed by atoms with Crippen LogP contribution in [0.3, 0.4) is 0 Å². The van der Waals surface area contributed by atoms with Crippen molar-refractivity contribution in [3.8, 4) is 0 Å². The summed E-state index contributed by atoms with van der Waals surface area (Å²) in [5.74, 6) is -0.329. The van der Waals surface area contributed by atoms with Crippen molar-refractivity contribution in [2.45, 2.75) is 32.7 Å². The number of nitrogens with zero attached hydrogens (tertiary/aromatic N) is 1. The predicted octanol–water partition coefficient (Wildman–Crippen LogP) is -0.403. The molecule has 7 heteroatoms. The lowest BCUT2D eigenvalue weighted by molar-refractivity contribution is -0.122. The van der Waals surface area contributed by atoms with Crippen molar-refractivity contribution in [1.82, 2.24) is 10.2 Å². The lowest BCUT2D eigenvalue weighted by Crippen LogP contribution is -2.42. The highest BCUT2D eigenvalue weighted by Crippen LogP contribution is 1.95. The molecule has 1 atom stereocenters. The highest BCUT2D eigenvalue weighted by atomic mass is 32.2. The summed E-state index contributed by atoms with van der Waals surface area (Å²) in [7, 11) is -3.06. The molecule has 0 saturated heterocycles. The van der Waals surface area contributed by atoms with Gasteiger partial charge in [-0.3, -0.25) is 4.79 Å². The molecule has 0 aliphatic heterocycles. The first-order chi connectivity index (χ1) is 8.80. The van der Waals surface area contributed by atoms with E-state index >= 15 is 0 Å². The molecule has 6 nitrogen and oxygen atoms in total. The van der Waals surface area contributed by atoms with Crippen LogP contribution in [-0.2, 0) is 14.6 Å². The second-order valence-corrected chi connectivity index (χ2v) is 6.96. The largest absolute Gasteiger partial charge is 0.355 e. The van der Waals surface area contributed by atoms with E-state index in [2.05, 4.69) is 24.1 Å². The molecule has 0 aliphatic rings. The van der Waals surface area contributed by atoms with Crippen molar-refractivity contribution >= 4 is 15.7 Å². The molecule has 0 aromatic heterocycles. The van der Waals surface area contributed by atoms with Gasteiger partial charge in [-0.1, -0.05) is 13.8 Å². The van der Waals surface area contributed by atoms with Crippen LogP contribution >= 0.6 is 0 Å². The third kappa shape index (κ3) is 9.86. The fraction of sp³-hybridized carbons (Fsp3) is 0.917. The fourth-order valence-electron chi connectivity index (χ4n) is 1.66. The average molecular weight is 293 g/mol. The molecule has 0 rings (SSSR count). The van der Waals surface area contributed by atoms with Crippen molar-refractivity contribution in [2.75, 3.05) is 38.2 Å². The van der Waals surface area contributed by atoms with Gasteiger partial charge in [0.25, 0.3) is 0 Å². The minimum absolute atomic E-state index is 0.0545. The van der Waals surface area contributed by atoms with Crippen molar-refractivity contribution in [3.63, 3.8) is 0 Å². The van der Waals surface area contributed by atoms with Gasteiger partial charge in [0.2, 0.25) is 5.91 Å². The summed E-state index contributed by atoms with van der Waals surface area (Å²) >= 11 is 0. The molecule has 0 bridgehead atoms. The van der Waals surface area contributed by atoms with E-state index in [1.165, 1.54) is 0 Å². The van der Waals surface area contributed by atoms with Gasteiger partial charge >= 0.3 is 0 Å². The van der Waals surface area contributed by atoms with Crippen molar-refractivity contribution < 1.29 is 13.2 Å². The molecular formula is C12H27N3O3S. The molecular weight excluding hydrogens is 266 g/mol. The van der Waals surface area contributed by atoms with Crippen LogP contribution in [-0.4, -0.2) is 63.5 Å². The summed E-state index contributed by atoms with van der Waals surface area (Å²) in [4.78, 5) is 13.9. The van der Waals surface area contributed by atoms with E-state index in [4.69, 9.17) is 5.73 Å². The molecule has 0 spiro atoms. The number of nitrogens with one attached hydrogen (secondary N) is 1. The molecule has 0 aliphatic carbocycles. The van der Waals surface area contributed by atoms with Crippen molar-refractivity contribution in [1.29, 1.82) is 0 Å². The molecule has 19 heavy (non-hydrogen) atoms. The Morgan fingerprint density at radius 2 is 1.89 bits per heavy atom. The first-order valence-electron chi connectivity index (χ1n) is 6.73. The molecule has 1 amide bonds. The third-order valence-corrected chi connectivity index (χ3v) is 3.96. The Labute approximate surface area is 116 Å². The van der Waals surface area contributed by atoms with Gasteiger partial charge in [-0.15, -0.1) is 0 Å². The van der Waals surface area contributed by atoms with Gasteiger partial charge in [0.1, 0.15) is 9.84 Å². The molecule has 0 heterocycles. The number of carbonyl (C=O) groups excluding carboxylic acids is 1. The Kier molecular flexibility index (Phi) is 8.95. The summed E-state index contributed by atoms with van der Waals surface area (Å²) in [5, 5.41) is 2.74. The third-order valence-electron chi connectivity index (χ3n) is 2.98. The Bertz CT molecular complexity index is 353. The quantitative estimate of drug-likeness (QED) is 0.535. The van der Waals surface area contributed by atoms with E-state index in [1.54, 1.807) is 0 Å². The summed E-state index contributed by atoms with van der Waals surface area (Å²) in [5.41, 5.74) is 5.63. The summed E-state index contributed by atoms with van der Waals surface area (Å²) < 4.78 is 21.9. The molecule has 0 aromatic rings. The first-order valence-corrected chi connectivity index (χ1v) is 8.79. The van der Waals surface area contributed by atoms with E-state index in [0.717, 1.165) is 32.3 Å². The van der Waals surface area contributed by atoms with Crippen LogP contribution in [0.2, 0.25) is 0 Å². The zero-order chi connectivity index (χ0) is 14.9. The maximum atomic E-state index is 11.6. The normalized spacial score (nSPS) is 13.5. The van der Waals surface area contributed by atoms with Gasteiger partial charge in [-0.05, 0) is 32.5 Å². The van der Waals surface area contributed by atoms with Gasteiger partial charge in [0, 0.05) is 12.8 Å². The van der Waals surface area contributed by atoms with E-state index in [9.17, 15) is 13.2 Å². The van der Waals surface area contributed by atoms with Crippen LogP contribution in [0, 0.1) is 0 Å². The van der Waals surface area contributed by atoms with Gasteiger partial charge in [-0.25, -0.2) is 8.42 Å². The molecule has 0 radical (unpaired) electrons. The molecule has 0 aromatic carbocycles. The zero-order valence-corrected chi connectivity index (χ0v) is 13.0. The first kappa shape index (κ1) is 18.3. The number of amides is 1. The van der Waals surface area contributed by atoms with Gasteiger partial charge in [0.05, 0.1) is 11.8 Å². The molecule has 114 valence electrons. The number of sulfone groups is 1. The van der Waals surface area contributed by atoms with Crippen LogP contribution in [0.1, 0.15) is 26.7 Å². The minimum Gasteiger partial charge on any atom is -0.355 e. The lowest BCUT2D eigenvalue weighted by Gasteiger charge is -2.18. The van der Waals surface area contributed by atoms with Gasteiger partial charge in [0.15, 0.2) is 0 Å². The number of nitrogens with two attached hydrogens (primary N) is 1. The predicted molar refractivity (Wildman–Crippen MR) is 77.7 cm³/mol. The molecule has 0 saturated carbocycles. The number of hydrogen-bond donors (Lipinski definition) is 2. The van der Waals surface area contributed by atoms with Crippen molar-refractivity contribution in [3.05, 3.63) is 0 Å². The number of carbonyl (C=O) groups is 1. The highest BCUT2D eigenvalue weighted by molar-refractivity contribution is 7.90. The zero-order valence-electron chi connectivity index (χ0n) is 12.2. The summed E-state index contributed by atoms with van der Waals surface area (Å²) in [6, 6.07) is -0.747. The monoisotopic (exact) mass is 293 g/mol. The Balaban J connectivity index is 3.79.